The molecule has 0 fully saturated rings. The molecule has 4 N–H and O–H groups in total. The van der Waals surface area contributed by atoms with E-state index in [2.05, 4.69) is 45.9 Å². The highest BCUT2D eigenvalue weighted by Gasteiger charge is 2.09. The van der Waals surface area contributed by atoms with Gasteiger partial charge in [0, 0.05) is 16.8 Å². The quantitative estimate of drug-likeness (QED) is 0.414. The van der Waals surface area contributed by atoms with Crippen molar-refractivity contribution in [3.63, 3.8) is 0 Å². The number of nitrogens with one attached hydrogen (secondary N) is 2. The van der Waals surface area contributed by atoms with Gasteiger partial charge in [0.05, 0.1) is 30.3 Å². The molecule has 6 heteroatoms. The molecule has 0 unspecified atom stereocenters. The van der Waals surface area contributed by atoms with Gasteiger partial charge in [-0.05, 0) is 13.3 Å². The van der Waals surface area contributed by atoms with Crippen molar-refractivity contribution in [2.24, 2.45) is 0 Å². The number of imidazole rings is 2. The third-order valence-electron chi connectivity index (χ3n) is 4.59. The molecule has 2 aromatic heterocycles. The van der Waals surface area contributed by atoms with Crippen molar-refractivity contribution in [1.82, 2.24) is 19.9 Å². The minimum absolute atomic E-state index is 0.143. The number of rotatable bonds is 5. The lowest BCUT2D eigenvalue weighted by atomic mass is 10.2. The molecule has 0 aliphatic rings. The number of nitrogens with zero attached hydrogens (tertiary/aromatic N) is 2. The molecule has 150 valence electrons. The van der Waals surface area contributed by atoms with Crippen molar-refractivity contribution >= 4 is 0 Å². The Hall–Kier alpha value is -3.22. The number of H-pyrrole nitrogens is 2. The SMILES string of the molecule is CCc1nc(-c2ccccc2)[nH]c1C.OCc1nc(-c2ccccc2)[nH]c1CO. The topological polar surface area (TPSA) is 97.8 Å². The third kappa shape index (κ3) is 4.99. The van der Waals surface area contributed by atoms with Crippen molar-refractivity contribution in [1.29, 1.82) is 0 Å². The number of hydrogen-bond donors (Lipinski definition) is 4. The molecule has 6 nitrogen and oxygen atoms in total. The summed E-state index contributed by atoms with van der Waals surface area (Å²) in [5, 5.41) is 18.0. The number of aliphatic hydroxyl groups excluding tert-OH is 2. The van der Waals surface area contributed by atoms with Crippen molar-refractivity contribution in [2.75, 3.05) is 0 Å². The lowest BCUT2D eigenvalue weighted by Gasteiger charge is -1.94. The maximum absolute atomic E-state index is 9.03. The highest BCUT2D eigenvalue weighted by atomic mass is 16.3. The number of aromatic nitrogens is 4. The lowest BCUT2D eigenvalue weighted by molar-refractivity contribution is 0.255. The monoisotopic (exact) mass is 390 g/mol. The summed E-state index contributed by atoms with van der Waals surface area (Å²) in [6.45, 7) is 3.88. The minimum Gasteiger partial charge on any atom is -0.390 e. The Labute approximate surface area is 170 Å². The Bertz CT molecular complexity index is 1000. The fraction of sp³-hybridized carbons (Fsp3) is 0.217. The van der Waals surface area contributed by atoms with Gasteiger partial charge in [-0.25, -0.2) is 9.97 Å². The smallest absolute Gasteiger partial charge is 0.137 e. The van der Waals surface area contributed by atoms with Gasteiger partial charge < -0.3 is 20.2 Å². The van der Waals surface area contributed by atoms with E-state index in [9.17, 15) is 0 Å². The van der Waals surface area contributed by atoms with E-state index < -0.39 is 0 Å². The molecule has 0 atom stereocenters. The van der Waals surface area contributed by atoms with Crippen LogP contribution in [0.3, 0.4) is 0 Å². The molecule has 0 aliphatic carbocycles. The standard InChI is InChI=1S/C12H14N2.C11H12N2O2/c1-3-11-9(2)13-12(14-11)10-7-5-4-6-8-10;14-6-9-10(7-15)13-11(12-9)8-4-2-1-3-5-8/h4-8H,3H2,1-2H3,(H,13,14);1-5,14-15H,6-7H2,(H,12,13). The highest BCUT2D eigenvalue weighted by Crippen LogP contribution is 2.18. The van der Waals surface area contributed by atoms with Crippen LogP contribution in [0.4, 0.5) is 0 Å². The van der Waals surface area contributed by atoms with Crippen molar-refractivity contribution < 1.29 is 10.2 Å². The summed E-state index contributed by atoms with van der Waals surface area (Å²) in [6.07, 6.45) is 0.981. The fourth-order valence-corrected chi connectivity index (χ4v) is 3.01. The van der Waals surface area contributed by atoms with Gasteiger partial charge in [0.15, 0.2) is 0 Å². The van der Waals surface area contributed by atoms with Gasteiger partial charge in [0.25, 0.3) is 0 Å². The summed E-state index contributed by atoms with van der Waals surface area (Å²) in [5.74, 6) is 1.64. The van der Waals surface area contributed by atoms with Crippen LogP contribution in [-0.4, -0.2) is 30.1 Å². The van der Waals surface area contributed by atoms with Crippen molar-refractivity contribution in [2.45, 2.75) is 33.5 Å². The van der Waals surface area contributed by atoms with Crippen LogP contribution in [0.15, 0.2) is 60.7 Å². The van der Waals surface area contributed by atoms with E-state index in [1.165, 1.54) is 5.69 Å². The van der Waals surface area contributed by atoms with Crippen LogP contribution in [0.25, 0.3) is 22.8 Å². The summed E-state index contributed by atoms with van der Waals surface area (Å²) < 4.78 is 0. The average Bonchev–Trinajstić information content (AvgIpc) is 3.38. The summed E-state index contributed by atoms with van der Waals surface area (Å²) in [5.41, 5.74) is 5.48. The Balaban J connectivity index is 0.000000166. The largest absolute Gasteiger partial charge is 0.390 e. The van der Waals surface area contributed by atoms with E-state index in [4.69, 9.17) is 10.2 Å². The molecule has 2 aromatic carbocycles. The van der Waals surface area contributed by atoms with E-state index in [0.29, 0.717) is 17.2 Å². The number of aryl methyl sites for hydroxylation is 2. The van der Waals surface area contributed by atoms with Gasteiger partial charge >= 0.3 is 0 Å². The van der Waals surface area contributed by atoms with Gasteiger partial charge in [-0.3, -0.25) is 0 Å². The fourth-order valence-electron chi connectivity index (χ4n) is 3.01. The third-order valence-corrected chi connectivity index (χ3v) is 4.59. The molecule has 0 saturated heterocycles. The summed E-state index contributed by atoms with van der Waals surface area (Å²) >= 11 is 0. The van der Waals surface area contributed by atoms with Crippen molar-refractivity contribution in [3.8, 4) is 22.8 Å². The molecule has 0 saturated carbocycles. The molecule has 0 bridgehead atoms. The average molecular weight is 390 g/mol. The first kappa shape index (κ1) is 20.5. The molecule has 4 aromatic rings. The Morgan fingerprint density at radius 1 is 0.724 bits per heavy atom. The first-order chi connectivity index (χ1) is 14.2. The number of aromatic amines is 2. The predicted octanol–water partition coefficient (Wildman–Crippen LogP) is 4.01. The molecular weight excluding hydrogens is 364 g/mol. The molecule has 0 spiro atoms. The molecule has 2 heterocycles. The van der Waals surface area contributed by atoms with Crippen LogP contribution in [-0.2, 0) is 19.6 Å². The van der Waals surface area contributed by atoms with Gasteiger partial charge in [-0.2, -0.15) is 0 Å². The highest BCUT2D eigenvalue weighted by molar-refractivity contribution is 5.56. The molecule has 4 rings (SSSR count). The zero-order valence-corrected chi connectivity index (χ0v) is 16.7. The maximum atomic E-state index is 9.03. The Morgan fingerprint density at radius 2 is 1.24 bits per heavy atom. The molecule has 0 radical (unpaired) electrons. The Morgan fingerprint density at radius 3 is 1.66 bits per heavy atom. The van der Waals surface area contributed by atoms with Gasteiger partial charge in [0.1, 0.15) is 11.6 Å². The maximum Gasteiger partial charge on any atom is 0.137 e. The normalized spacial score (nSPS) is 10.5. The van der Waals surface area contributed by atoms with Crippen LogP contribution in [0, 0.1) is 6.92 Å². The zero-order valence-electron chi connectivity index (χ0n) is 16.7. The predicted molar refractivity (Wildman–Crippen MR) is 114 cm³/mol. The van der Waals surface area contributed by atoms with Crippen LogP contribution in [0.2, 0.25) is 0 Å². The van der Waals surface area contributed by atoms with Crippen LogP contribution in [0.1, 0.15) is 29.7 Å². The lowest BCUT2D eigenvalue weighted by Crippen LogP contribution is -1.91. The zero-order chi connectivity index (χ0) is 20.6. The molecular formula is C23H26N4O2. The van der Waals surface area contributed by atoms with E-state index in [1.54, 1.807) is 0 Å². The van der Waals surface area contributed by atoms with Crippen LogP contribution in [0.5, 0.6) is 0 Å². The summed E-state index contributed by atoms with van der Waals surface area (Å²) in [6, 6.07) is 19.8. The number of aliphatic hydroxyl groups is 2. The van der Waals surface area contributed by atoms with Gasteiger partial charge in [-0.15, -0.1) is 0 Å². The van der Waals surface area contributed by atoms with E-state index >= 15 is 0 Å². The number of benzene rings is 2. The molecule has 0 aliphatic heterocycles. The second-order valence-corrected chi connectivity index (χ2v) is 6.57. The van der Waals surface area contributed by atoms with Crippen molar-refractivity contribution in [3.05, 3.63) is 83.4 Å². The molecule has 0 amide bonds. The minimum atomic E-state index is -0.167. The van der Waals surface area contributed by atoms with Crippen LogP contribution >= 0.6 is 0 Å². The van der Waals surface area contributed by atoms with Gasteiger partial charge in [-0.1, -0.05) is 67.6 Å². The van der Waals surface area contributed by atoms with E-state index in [-0.39, 0.29) is 13.2 Å². The summed E-state index contributed by atoms with van der Waals surface area (Å²) in [4.78, 5) is 15.0. The second-order valence-electron chi connectivity index (χ2n) is 6.57. The first-order valence-corrected chi connectivity index (χ1v) is 9.62. The van der Waals surface area contributed by atoms with E-state index in [0.717, 1.165) is 29.1 Å². The van der Waals surface area contributed by atoms with E-state index in [1.807, 2.05) is 48.5 Å². The molecule has 29 heavy (non-hydrogen) atoms. The van der Waals surface area contributed by atoms with Gasteiger partial charge in [0.2, 0.25) is 0 Å². The second kappa shape index (κ2) is 9.82. The number of hydrogen-bond acceptors (Lipinski definition) is 4. The summed E-state index contributed by atoms with van der Waals surface area (Å²) in [7, 11) is 0. The van der Waals surface area contributed by atoms with Crippen LogP contribution < -0.4 is 0 Å². The first-order valence-electron chi connectivity index (χ1n) is 9.62. The Kier molecular flexibility index (Phi) is 6.94.